The lowest BCUT2D eigenvalue weighted by atomic mass is 10.1. The highest BCUT2D eigenvalue weighted by atomic mass is 16.4. The molecule has 1 atom stereocenters. The topological polar surface area (TPSA) is 84.2 Å². The number of carbonyl (C=O) groups excluding carboxylic acids is 1. The molecule has 1 heterocycles. The molecule has 0 aliphatic heterocycles. The zero-order valence-corrected chi connectivity index (χ0v) is 9.52. The van der Waals surface area contributed by atoms with Crippen LogP contribution in [0.3, 0.4) is 0 Å². The average Bonchev–Trinajstić information content (AvgIpc) is 2.43. The highest BCUT2D eigenvalue weighted by Crippen LogP contribution is 2.05. The van der Waals surface area contributed by atoms with E-state index in [-0.39, 0.29) is 12.3 Å². The molecular formula is C10H15N3O3. The maximum atomic E-state index is 10.9. The van der Waals surface area contributed by atoms with Gasteiger partial charge in [0.05, 0.1) is 5.69 Å². The Kier molecular flexibility index (Phi) is 3.65. The number of aliphatic carboxylic acids is 1. The summed E-state index contributed by atoms with van der Waals surface area (Å²) < 4.78 is 1.62. The molecule has 0 aliphatic carbocycles. The summed E-state index contributed by atoms with van der Waals surface area (Å²) in [6.45, 7) is 3.13. The summed E-state index contributed by atoms with van der Waals surface area (Å²) in [6.07, 6.45) is 0.228. The summed E-state index contributed by atoms with van der Waals surface area (Å²) in [5.41, 5.74) is 1.60. The number of hydrogen-bond donors (Lipinski definition) is 2. The minimum absolute atomic E-state index is 0.228. The minimum Gasteiger partial charge on any atom is -0.480 e. The van der Waals surface area contributed by atoms with Crippen LogP contribution in [0.4, 0.5) is 0 Å². The van der Waals surface area contributed by atoms with Gasteiger partial charge in [0.1, 0.15) is 6.04 Å². The fraction of sp³-hybridized carbons (Fsp3) is 0.500. The van der Waals surface area contributed by atoms with Crippen molar-refractivity contribution >= 4 is 11.9 Å². The Morgan fingerprint density at radius 3 is 2.62 bits per heavy atom. The predicted molar refractivity (Wildman–Crippen MR) is 56.9 cm³/mol. The molecule has 1 aromatic rings. The second-order valence-electron chi connectivity index (χ2n) is 3.70. The van der Waals surface area contributed by atoms with Gasteiger partial charge in [0.25, 0.3) is 0 Å². The summed E-state index contributed by atoms with van der Waals surface area (Å²) in [6, 6.07) is 0.893. The summed E-state index contributed by atoms with van der Waals surface area (Å²) in [7, 11) is 1.75. The lowest BCUT2D eigenvalue weighted by Gasteiger charge is -2.12. The van der Waals surface area contributed by atoms with Gasteiger partial charge in [0.2, 0.25) is 5.91 Å². The Morgan fingerprint density at radius 2 is 2.25 bits per heavy atom. The normalized spacial score (nSPS) is 12.2. The number of carboxylic acid groups (broad SMARTS) is 1. The van der Waals surface area contributed by atoms with Gasteiger partial charge in [0, 0.05) is 26.1 Å². The van der Waals surface area contributed by atoms with E-state index in [0.717, 1.165) is 11.4 Å². The molecule has 0 saturated heterocycles. The van der Waals surface area contributed by atoms with E-state index in [2.05, 4.69) is 10.4 Å². The molecule has 16 heavy (non-hydrogen) atoms. The van der Waals surface area contributed by atoms with E-state index >= 15 is 0 Å². The summed E-state index contributed by atoms with van der Waals surface area (Å²) in [5, 5.41) is 15.4. The van der Waals surface area contributed by atoms with Gasteiger partial charge in [-0.3, -0.25) is 9.48 Å². The van der Waals surface area contributed by atoms with Crippen molar-refractivity contribution in [3.05, 3.63) is 17.5 Å². The van der Waals surface area contributed by atoms with E-state index in [1.54, 1.807) is 17.8 Å². The van der Waals surface area contributed by atoms with Crippen LogP contribution in [0, 0.1) is 6.92 Å². The minimum atomic E-state index is -1.05. The van der Waals surface area contributed by atoms with E-state index < -0.39 is 12.0 Å². The zero-order valence-electron chi connectivity index (χ0n) is 9.52. The molecule has 0 aliphatic rings. The van der Waals surface area contributed by atoms with E-state index in [0.29, 0.717) is 0 Å². The molecule has 0 saturated carbocycles. The SMILES string of the molecule is CC(=O)NC(Cc1cc(C)nn1C)C(=O)O. The Hall–Kier alpha value is -1.85. The highest BCUT2D eigenvalue weighted by molar-refractivity contribution is 5.82. The van der Waals surface area contributed by atoms with Gasteiger partial charge in [-0.15, -0.1) is 0 Å². The standard InChI is InChI=1S/C10H15N3O3/c1-6-4-8(13(3)12-6)5-9(10(15)16)11-7(2)14/h4,9H,5H2,1-3H3,(H,11,14)(H,15,16). The van der Waals surface area contributed by atoms with Gasteiger partial charge in [-0.1, -0.05) is 0 Å². The molecule has 1 aromatic heterocycles. The van der Waals surface area contributed by atoms with E-state index in [9.17, 15) is 9.59 Å². The molecule has 88 valence electrons. The van der Waals surface area contributed by atoms with E-state index in [4.69, 9.17) is 5.11 Å². The van der Waals surface area contributed by atoms with Gasteiger partial charge in [0.15, 0.2) is 0 Å². The van der Waals surface area contributed by atoms with Crippen molar-refractivity contribution in [2.75, 3.05) is 0 Å². The highest BCUT2D eigenvalue weighted by Gasteiger charge is 2.20. The number of nitrogens with zero attached hydrogens (tertiary/aromatic N) is 2. The van der Waals surface area contributed by atoms with Crippen LogP contribution in [0.15, 0.2) is 6.07 Å². The lowest BCUT2D eigenvalue weighted by Crippen LogP contribution is -2.41. The van der Waals surface area contributed by atoms with Crippen LogP contribution in [0.25, 0.3) is 0 Å². The molecule has 6 heteroatoms. The summed E-state index contributed by atoms with van der Waals surface area (Å²) >= 11 is 0. The Labute approximate surface area is 93.3 Å². The van der Waals surface area contributed by atoms with Crippen LogP contribution < -0.4 is 5.32 Å². The number of amides is 1. The first-order chi connectivity index (χ1) is 7.40. The Morgan fingerprint density at radius 1 is 1.62 bits per heavy atom. The second kappa shape index (κ2) is 4.78. The monoisotopic (exact) mass is 225 g/mol. The molecular weight excluding hydrogens is 210 g/mol. The van der Waals surface area contributed by atoms with Crippen LogP contribution in [0.1, 0.15) is 18.3 Å². The number of carbonyl (C=O) groups is 2. The number of aromatic nitrogens is 2. The van der Waals surface area contributed by atoms with Crippen molar-refractivity contribution in [1.82, 2.24) is 15.1 Å². The maximum absolute atomic E-state index is 10.9. The molecule has 0 radical (unpaired) electrons. The molecule has 1 unspecified atom stereocenters. The van der Waals surface area contributed by atoms with Gasteiger partial charge in [-0.2, -0.15) is 5.10 Å². The first-order valence-electron chi connectivity index (χ1n) is 4.89. The molecule has 0 fully saturated rings. The first kappa shape index (κ1) is 12.2. The summed E-state index contributed by atoms with van der Waals surface area (Å²) in [4.78, 5) is 21.8. The van der Waals surface area contributed by atoms with Crippen LogP contribution in [-0.2, 0) is 23.1 Å². The average molecular weight is 225 g/mol. The molecule has 1 amide bonds. The Bertz CT molecular complexity index is 411. The third kappa shape index (κ3) is 3.08. The van der Waals surface area contributed by atoms with Crippen molar-refractivity contribution in [3.63, 3.8) is 0 Å². The molecule has 2 N–H and O–H groups in total. The number of nitrogens with one attached hydrogen (secondary N) is 1. The van der Waals surface area contributed by atoms with Crippen molar-refractivity contribution in [2.45, 2.75) is 26.3 Å². The molecule has 6 nitrogen and oxygen atoms in total. The largest absolute Gasteiger partial charge is 0.480 e. The fourth-order valence-corrected chi connectivity index (χ4v) is 1.51. The quantitative estimate of drug-likeness (QED) is 0.747. The first-order valence-corrected chi connectivity index (χ1v) is 4.89. The van der Waals surface area contributed by atoms with Crippen LogP contribution in [0.2, 0.25) is 0 Å². The fourth-order valence-electron chi connectivity index (χ4n) is 1.51. The third-order valence-electron chi connectivity index (χ3n) is 2.19. The van der Waals surface area contributed by atoms with Crippen LogP contribution >= 0.6 is 0 Å². The Balaban J connectivity index is 2.79. The molecule has 0 aromatic carbocycles. The van der Waals surface area contributed by atoms with Crippen LogP contribution in [-0.4, -0.2) is 32.8 Å². The smallest absolute Gasteiger partial charge is 0.326 e. The van der Waals surface area contributed by atoms with Crippen LogP contribution in [0.5, 0.6) is 0 Å². The van der Waals surface area contributed by atoms with Gasteiger partial charge in [-0.25, -0.2) is 4.79 Å². The van der Waals surface area contributed by atoms with E-state index in [1.165, 1.54) is 6.92 Å². The van der Waals surface area contributed by atoms with Crippen molar-refractivity contribution in [2.24, 2.45) is 7.05 Å². The third-order valence-corrected chi connectivity index (χ3v) is 2.19. The molecule has 0 bridgehead atoms. The molecule has 1 rings (SSSR count). The predicted octanol–water partition coefficient (Wildman–Crippen LogP) is -0.140. The number of carboxylic acids is 1. The van der Waals surface area contributed by atoms with Crippen molar-refractivity contribution < 1.29 is 14.7 Å². The van der Waals surface area contributed by atoms with Crippen molar-refractivity contribution in [3.8, 4) is 0 Å². The van der Waals surface area contributed by atoms with Gasteiger partial charge < -0.3 is 10.4 Å². The van der Waals surface area contributed by atoms with E-state index in [1.807, 2.05) is 6.92 Å². The summed E-state index contributed by atoms with van der Waals surface area (Å²) in [5.74, 6) is -1.40. The van der Waals surface area contributed by atoms with Gasteiger partial charge >= 0.3 is 5.97 Å². The van der Waals surface area contributed by atoms with Crippen molar-refractivity contribution in [1.29, 1.82) is 0 Å². The number of aryl methyl sites for hydroxylation is 2. The number of rotatable bonds is 4. The van der Waals surface area contributed by atoms with Gasteiger partial charge in [-0.05, 0) is 13.0 Å². The maximum Gasteiger partial charge on any atom is 0.326 e. The lowest BCUT2D eigenvalue weighted by molar-refractivity contribution is -0.141. The second-order valence-corrected chi connectivity index (χ2v) is 3.70. The molecule has 0 spiro atoms. The number of hydrogen-bond acceptors (Lipinski definition) is 3. The zero-order chi connectivity index (χ0) is 12.3.